The van der Waals surface area contributed by atoms with E-state index in [1.165, 1.54) is 0 Å². The van der Waals surface area contributed by atoms with Crippen molar-refractivity contribution < 1.29 is 4.79 Å². The summed E-state index contributed by atoms with van der Waals surface area (Å²) in [6, 6.07) is 2.01. The molecule has 6 nitrogen and oxygen atoms in total. The van der Waals surface area contributed by atoms with Crippen LogP contribution in [-0.2, 0) is 0 Å². The standard InChI is InChI=1S/C11H10BrN5O/c12-9-3-8(4-13-5-9)11(18)16-6-10(7-16)17-2-1-14-15-17/h1-5,10H,6-7H2. The molecule has 2 aromatic rings. The number of carbonyl (C=O) groups excluding carboxylic acids is 1. The smallest absolute Gasteiger partial charge is 0.255 e. The Morgan fingerprint density at radius 3 is 2.89 bits per heavy atom. The van der Waals surface area contributed by atoms with Crippen molar-refractivity contribution in [2.45, 2.75) is 6.04 Å². The number of pyridine rings is 1. The summed E-state index contributed by atoms with van der Waals surface area (Å²) in [5.74, 6) is 0.000153. The van der Waals surface area contributed by atoms with Gasteiger partial charge in [-0.15, -0.1) is 5.10 Å². The zero-order valence-electron chi connectivity index (χ0n) is 9.40. The molecule has 0 unspecified atom stereocenters. The summed E-state index contributed by atoms with van der Waals surface area (Å²) >= 11 is 3.31. The molecule has 0 aliphatic carbocycles. The van der Waals surface area contributed by atoms with Gasteiger partial charge in [0.05, 0.1) is 17.8 Å². The van der Waals surface area contributed by atoms with Crippen molar-refractivity contribution in [3.63, 3.8) is 0 Å². The molecule has 0 spiro atoms. The topological polar surface area (TPSA) is 63.9 Å². The Labute approximate surface area is 112 Å². The van der Waals surface area contributed by atoms with Crippen LogP contribution in [0.2, 0.25) is 0 Å². The van der Waals surface area contributed by atoms with E-state index >= 15 is 0 Å². The molecule has 0 radical (unpaired) electrons. The molecule has 3 heterocycles. The van der Waals surface area contributed by atoms with Gasteiger partial charge in [0.2, 0.25) is 0 Å². The highest BCUT2D eigenvalue weighted by Crippen LogP contribution is 2.22. The predicted molar refractivity (Wildman–Crippen MR) is 66.9 cm³/mol. The average molecular weight is 308 g/mol. The predicted octanol–water partition coefficient (Wildman–Crippen LogP) is 1.13. The van der Waals surface area contributed by atoms with Gasteiger partial charge in [-0.2, -0.15) is 0 Å². The first kappa shape index (κ1) is 11.3. The molecule has 0 N–H and O–H groups in total. The molecule has 0 bridgehead atoms. The Balaban J connectivity index is 1.66. The quantitative estimate of drug-likeness (QED) is 0.834. The van der Waals surface area contributed by atoms with E-state index in [1.54, 1.807) is 34.2 Å². The third-order valence-electron chi connectivity index (χ3n) is 2.92. The number of hydrogen-bond acceptors (Lipinski definition) is 4. The maximum absolute atomic E-state index is 12.1. The van der Waals surface area contributed by atoms with Crippen molar-refractivity contribution in [3.8, 4) is 0 Å². The second kappa shape index (κ2) is 4.49. The molecule has 0 saturated carbocycles. The van der Waals surface area contributed by atoms with Gasteiger partial charge in [0.1, 0.15) is 0 Å². The van der Waals surface area contributed by atoms with Crippen molar-refractivity contribution in [2.75, 3.05) is 13.1 Å². The number of nitrogens with zero attached hydrogens (tertiary/aromatic N) is 5. The minimum absolute atomic E-state index is 0.000153. The van der Waals surface area contributed by atoms with Crippen LogP contribution in [0.3, 0.4) is 0 Å². The van der Waals surface area contributed by atoms with Gasteiger partial charge in [0.25, 0.3) is 5.91 Å². The van der Waals surface area contributed by atoms with Crippen LogP contribution < -0.4 is 0 Å². The minimum atomic E-state index is 0.000153. The molecule has 0 aromatic carbocycles. The third kappa shape index (κ3) is 2.01. The Morgan fingerprint density at radius 2 is 2.22 bits per heavy atom. The largest absolute Gasteiger partial charge is 0.334 e. The van der Waals surface area contributed by atoms with Crippen LogP contribution in [0.15, 0.2) is 35.3 Å². The van der Waals surface area contributed by atoms with Crippen LogP contribution in [0.1, 0.15) is 16.4 Å². The molecule has 92 valence electrons. The fraction of sp³-hybridized carbons (Fsp3) is 0.273. The number of carbonyl (C=O) groups is 1. The van der Waals surface area contributed by atoms with Crippen LogP contribution in [0.25, 0.3) is 0 Å². The molecule has 7 heteroatoms. The van der Waals surface area contributed by atoms with Crippen LogP contribution >= 0.6 is 15.9 Å². The van der Waals surface area contributed by atoms with Gasteiger partial charge in [0.15, 0.2) is 0 Å². The van der Waals surface area contributed by atoms with E-state index in [9.17, 15) is 4.79 Å². The first-order valence-corrected chi connectivity index (χ1v) is 6.29. The summed E-state index contributed by atoms with van der Waals surface area (Å²) in [5, 5.41) is 7.69. The molecule has 18 heavy (non-hydrogen) atoms. The number of halogens is 1. The van der Waals surface area contributed by atoms with Crippen molar-refractivity contribution in [2.24, 2.45) is 0 Å². The van der Waals surface area contributed by atoms with Crippen LogP contribution in [0.5, 0.6) is 0 Å². The zero-order chi connectivity index (χ0) is 12.5. The fourth-order valence-electron chi connectivity index (χ4n) is 1.91. The number of likely N-dealkylation sites (tertiary alicyclic amines) is 1. The van der Waals surface area contributed by atoms with Gasteiger partial charge in [-0.1, -0.05) is 5.21 Å². The lowest BCUT2D eigenvalue weighted by Gasteiger charge is -2.38. The maximum atomic E-state index is 12.1. The fourth-order valence-corrected chi connectivity index (χ4v) is 2.28. The van der Waals surface area contributed by atoms with E-state index in [-0.39, 0.29) is 11.9 Å². The van der Waals surface area contributed by atoms with Gasteiger partial charge in [-0.3, -0.25) is 9.78 Å². The lowest BCUT2D eigenvalue weighted by Crippen LogP contribution is -2.50. The highest BCUT2D eigenvalue weighted by atomic mass is 79.9. The van der Waals surface area contributed by atoms with Crippen LogP contribution in [0, 0.1) is 0 Å². The van der Waals surface area contributed by atoms with E-state index in [0.29, 0.717) is 18.7 Å². The maximum Gasteiger partial charge on any atom is 0.255 e. The highest BCUT2D eigenvalue weighted by molar-refractivity contribution is 9.10. The van der Waals surface area contributed by atoms with Gasteiger partial charge < -0.3 is 4.90 Å². The summed E-state index contributed by atoms with van der Waals surface area (Å²) < 4.78 is 2.59. The van der Waals surface area contributed by atoms with Gasteiger partial charge in [0, 0.05) is 36.2 Å². The summed E-state index contributed by atoms with van der Waals surface area (Å²) in [6.07, 6.45) is 6.69. The Kier molecular flexibility index (Phi) is 2.83. The van der Waals surface area contributed by atoms with Crippen LogP contribution in [-0.4, -0.2) is 43.9 Å². The molecule has 1 amide bonds. The van der Waals surface area contributed by atoms with Gasteiger partial charge in [-0.05, 0) is 22.0 Å². The van der Waals surface area contributed by atoms with Gasteiger partial charge >= 0.3 is 0 Å². The summed E-state index contributed by atoms with van der Waals surface area (Å²) in [7, 11) is 0. The molecule has 1 saturated heterocycles. The van der Waals surface area contributed by atoms with E-state index in [1.807, 2.05) is 6.20 Å². The number of hydrogen-bond donors (Lipinski definition) is 0. The molecular weight excluding hydrogens is 298 g/mol. The molecule has 1 fully saturated rings. The zero-order valence-corrected chi connectivity index (χ0v) is 11.0. The average Bonchev–Trinajstić information content (AvgIpc) is 2.80. The lowest BCUT2D eigenvalue weighted by molar-refractivity contribution is 0.0498. The highest BCUT2D eigenvalue weighted by Gasteiger charge is 2.33. The summed E-state index contributed by atoms with van der Waals surface area (Å²) in [5.41, 5.74) is 0.599. The Morgan fingerprint density at radius 1 is 1.39 bits per heavy atom. The van der Waals surface area contributed by atoms with Crippen molar-refractivity contribution in [1.82, 2.24) is 24.9 Å². The summed E-state index contributed by atoms with van der Waals surface area (Å²) in [4.78, 5) is 17.9. The molecule has 3 rings (SSSR count). The minimum Gasteiger partial charge on any atom is -0.334 e. The normalized spacial score (nSPS) is 15.5. The molecular formula is C11H10BrN5O. The number of amides is 1. The number of rotatable bonds is 2. The first-order chi connectivity index (χ1) is 8.74. The van der Waals surface area contributed by atoms with Gasteiger partial charge in [-0.25, -0.2) is 4.68 Å². The molecule has 0 atom stereocenters. The van der Waals surface area contributed by atoms with Crippen molar-refractivity contribution in [1.29, 1.82) is 0 Å². The van der Waals surface area contributed by atoms with E-state index in [4.69, 9.17) is 0 Å². The Hall–Kier alpha value is -1.76. The second-order valence-corrected chi connectivity index (χ2v) is 5.05. The molecule has 1 aliphatic rings. The van der Waals surface area contributed by atoms with Crippen molar-refractivity contribution in [3.05, 3.63) is 40.9 Å². The summed E-state index contributed by atoms with van der Waals surface area (Å²) in [6.45, 7) is 1.32. The number of aromatic nitrogens is 4. The Bertz CT molecular complexity index is 565. The van der Waals surface area contributed by atoms with E-state index in [2.05, 4.69) is 31.2 Å². The SMILES string of the molecule is O=C(c1cncc(Br)c1)N1CC(n2ccnn2)C1. The van der Waals surface area contributed by atoms with E-state index < -0.39 is 0 Å². The molecule has 2 aromatic heterocycles. The van der Waals surface area contributed by atoms with Crippen LogP contribution in [0.4, 0.5) is 0 Å². The second-order valence-electron chi connectivity index (χ2n) is 4.14. The first-order valence-electron chi connectivity index (χ1n) is 5.49. The third-order valence-corrected chi connectivity index (χ3v) is 3.35. The van der Waals surface area contributed by atoms with Crippen molar-refractivity contribution >= 4 is 21.8 Å². The van der Waals surface area contributed by atoms with E-state index in [0.717, 1.165) is 4.47 Å². The monoisotopic (exact) mass is 307 g/mol. The lowest BCUT2D eigenvalue weighted by atomic mass is 10.1. The molecule has 1 aliphatic heterocycles.